The van der Waals surface area contributed by atoms with Gasteiger partial charge in [0, 0.05) is 22.7 Å². The molecule has 2 unspecified atom stereocenters. The Bertz CT molecular complexity index is 1270. The van der Waals surface area contributed by atoms with Crippen molar-refractivity contribution in [2.45, 2.75) is 47.6 Å². The summed E-state index contributed by atoms with van der Waals surface area (Å²) in [6.07, 6.45) is 2.93. The Morgan fingerprint density at radius 2 is 1.53 bits per heavy atom. The molecule has 1 saturated carbocycles. The van der Waals surface area contributed by atoms with Crippen LogP contribution < -0.4 is 20.5 Å². The molecule has 184 valence electrons. The number of amides is 2. The third kappa shape index (κ3) is 7.00. The Morgan fingerprint density at radius 3 is 2.12 bits per heavy atom. The zero-order valence-electron chi connectivity index (χ0n) is 18.0. The molecular formula is C21H25ClN4O6S2. The maximum absolute atomic E-state index is 12.6. The molecule has 2 aromatic rings. The van der Waals surface area contributed by atoms with Gasteiger partial charge in [0.25, 0.3) is 5.91 Å². The van der Waals surface area contributed by atoms with Gasteiger partial charge in [0.2, 0.25) is 26.0 Å². The van der Waals surface area contributed by atoms with E-state index >= 15 is 0 Å². The molecule has 2 atom stereocenters. The molecule has 0 spiro atoms. The number of nitrogens with two attached hydrogens (primary N) is 1. The second-order valence-corrected chi connectivity index (χ2v) is 11.7. The third-order valence-corrected chi connectivity index (χ3v) is 7.97. The zero-order valence-corrected chi connectivity index (χ0v) is 20.4. The number of benzene rings is 2. The Morgan fingerprint density at radius 1 is 0.912 bits per heavy atom. The predicted octanol–water partition coefficient (Wildman–Crippen LogP) is 1.12. The fourth-order valence-corrected chi connectivity index (χ4v) is 5.46. The first-order valence-corrected chi connectivity index (χ1v) is 13.8. The van der Waals surface area contributed by atoms with E-state index in [9.17, 15) is 26.4 Å². The number of nitrogens with one attached hydrogen (secondary N) is 3. The van der Waals surface area contributed by atoms with Gasteiger partial charge in [0.1, 0.15) is 0 Å². The summed E-state index contributed by atoms with van der Waals surface area (Å²) in [6, 6.07) is 10.1. The normalized spacial score (nSPS) is 18.8. The van der Waals surface area contributed by atoms with Gasteiger partial charge in [-0.1, -0.05) is 30.5 Å². The molecule has 5 N–H and O–H groups in total. The summed E-state index contributed by atoms with van der Waals surface area (Å²) >= 11 is 5.83. The van der Waals surface area contributed by atoms with Gasteiger partial charge in [-0.25, -0.2) is 26.7 Å². The topological polar surface area (TPSA) is 165 Å². The molecule has 0 aliphatic heterocycles. The lowest BCUT2D eigenvalue weighted by atomic mass is 9.90. The monoisotopic (exact) mass is 528 g/mol. The van der Waals surface area contributed by atoms with Crippen molar-refractivity contribution < 1.29 is 26.4 Å². The van der Waals surface area contributed by atoms with Crippen LogP contribution in [0.1, 0.15) is 36.0 Å². The van der Waals surface area contributed by atoms with Crippen molar-refractivity contribution in [3.63, 3.8) is 0 Å². The molecule has 2 aromatic carbocycles. The van der Waals surface area contributed by atoms with Crippen molar-refractivity contribution in [2.24, 2.45) is 5.14 Å². The molecule has 13 heteroatoms. The standard InChI is InChI=1S/C21H25ClN4O6S2/c22-15-4-3-5-17(12-15)34(31,32)24-13-20(27)25-18-6-1-2-7-19(18)26-21(28)14-8-10-16(11-9-14)33(23,29)30/h3-5,8-12,18-19,24H,1-2,6-7,13H2,(H,25,27)(H,26,28)(H2,23,29,30). The van der Waals surface area contributed by atoms with Crippen molar-refractivity contribution in [2.75, 3.05) is 6.54 Å². The number of hydrogen-bond acceptors (Lipinski definition) is 6. The highest BCUT2D eigenvalue weighted by atomic mass is 35.5. The lowest BCUT2D eigenvalue weighted by Gasteiger charge is -2.33. The van der Waals surface area contributed by atoms with E-state index < -0.39 is 38.4 Å². The van der Waals surface area contributed by atoms with E-state index in [0.717, 1.165) is 12.8 Å². The number of sulfonamides is 2. The Hall–Kier alpha value is -2.51. The Balaban J connectivity index is 1.59. The fourth-order valence-electron chi connectivity index (χ4n) is 3.66. The van der Waals surface area contributed by atoms with E-state index in [0.29, 0.717) is 12.8 Å². The first-order valence-electron chi connectivity index (χ1n) is 10.4. The maximum Gasteiger partial charge on any atom is 0.251 e. The highest BCUT2D eigenvalue weighted by Crippen LogP contribution is 2.20. The van der Waals surface area contributed by atoms with Crippen LogP contribution in [-0.4, -0.2) is 47.3 Å². The molecule has 1 fully saturated rings. The number of rotatable bonds is 8. The van der Waals surface area contributed by atoms with Crippen LogP contribution >= 0.6 is 11.6 Å². The summed E-state index contributed by atoms with van der Waals surface area (Å²) in [4.78, 5) is 24.9. The zero-order chi connectivity index (χ0) is 24.9. The minimum Gasteiger partial charge on any atom is -0.350 e. The van der Waals surface area contributed by atoms with E-state index in [2.05, 4.69) is 15.4 Å². The van der Waals surface area contributed by atoms with E-state index in [1.54, 1.807) is 6.07 Å². The summed E-state index contributed by atoms with van der Waals surface area (Å²) in [5, 5.41) is 11.0. The summed E-state index contributed by atoms with van der Waals surface area (Å²) in [5.41, 5.74) is 0.248. The third-order valence-electron chi connectivity index (χ3n) is 5.40. The van der Waals surface area contributed by atoms with Gasteiger partial charge < -0.3 is 10.6 Å². The van der Waals surface area contributed by atoms with Gasteiger partial charge in [0.15, 0.2) is 0 Å². The van der Waals surface area contributed by atoms with Crippen molar-refractivity contribution in [1.29, 1.82) is 0 Å². The molecule has 2 amide bonds. The summed E-state index contributed by atoms with van der Waals surface area (Å²) < 4.78 is 49.8. The average molecular weight is 529 g/mol. The molecule has 0 heterocycles. The first-order chi connectivity index (χ1) is 16.0. The Labute approximate surface area is 203 Å². The average Bonchev–Trinajstić information content (AvgIpc) is 2.78. The van der Waals surface area contributed by atoms with Crippen LogP contribution in [0.3, 0.4) is 0 Å². The number of carbonyl (C=O) groups excluding carboxylic acids is 2. The van der Waals surface area contributed by atoms with Gasteiger partial charge in [-0.05, 0) is 55.3 Å². The van der Waals surface area contributed by atoms with Crippen LogP contribution in [0.25, 0.3) is 0 Å². The van der Waals surface area contributed by atoms with Crippen molar-refractivity contribution in [3.05, 3.63) is 59.1 Å². The second kappa shape index (κ2) is 10.8. The van der Waals surface area contributed by atoms with E-state index in [1.807, 2.05) is 0 Å². The molecule has 3 rings (SSSR count). The molecule has 0 bridgehead atoms. The summed E-state index contributed by atoms with van der Waals surface area (Å²) in [7, 11) is -7.78. The molecule has 1 aliphatic rings. The highest BCUT2D eigenvalue weighted by Gasteiger charge is 2.28. The van der Waals surface area contributed by atoms with Gasteiger partial charge in [-0.3, -0.25) is 9.59 Å². The molecule has 0 radical (unpaired) electrons. The molecule has 1 aliphatic carbocycles. The maximum atomic E-state index is 12.6. The molecule has 0 aromatic heterocycles. The number of halogens is 1. The second-order valence-electron chi connectivity index (χ2n) is 7.89. The molecular weight excluding hydrogens is 504 g/mol. The quantitative estimate of drug-likeness (QED) is 0.401. The smallest absolute Gasteiger partial charge is 0.251 e. The van der Waals surface area contributed by atoms with E-state index in [1.165, 1.54) is 42.5 Å². The van der Waals surface area contributed by atoms with Crippen LogP contribution in [0.2, 0.25) is 5.02 Å². The largest absolute Gasteiger partial charge is 0.350 e. The number of carbonyl (C=O) groups is 2. The van der Waals surface area contributed by atoms with Crippen LogP contribution in [0.4, 0.5) is 0 Å². The van der Waals surface area contributed by atoms with Gasteiger partial charge >= 0.3 is 0 Å². The lowest BCUT2D eigenvalue weighted by molar-refractivity contribution is -0.121. The van der Waals surface area contributed by atoms with Gasteiger partial charge in [-0.2, -0.15) is 0 Å². The van der Waals surface area contributed by atoms with Crippen LogP contribution in [-0.2, 0) is 24.8 Å². The Kier molecular flexibility index (Phi) is 8.31. The summed E-state index contributed by atoms with van der Waals surface area (Å²) in [5.74, 6) is -0.956. The van der Waals surface area contributed by atoms with Crippen molar-refractivity contribution >= 4 is 43.5 Å². The summed E-state index contributed by atoms with van der Waals surface area (Å²) in [6.45, 7) is -0.471. The van der Waals surface area contributed by atoms with E-state index in [4.69, 9.17) is 16.7 Å². The molecule has 10 nitrogen and oxygen atoms in total. The highest BCUT2D eigenvalue weighted by molar-refractivity contribution is 7.89. The fraction of sp³-hybridized carbons (Fsp3) is 0.333. The SMILES string of the molecule is NS(=O)(=O)c1ccc(C(=O)NC2CCCCC2NC(=O)CNS(=O)(=O)c2cccc(Cl)c2)cc1. The van der Waals surface area contributed by atoms with Crippen molar-refractivity contribution in [1.82, 2.24) is 15.4 Å². The van der Waals surface area contributed by atoms with Gasteiger partial charge in [-0.15, -0.1) is 0 Å². The predicted molar refractivity (Wildman–Crippen MR) is 126 cm³/mol. The van der Waals surface area contributed by atoms with Crippen molar-refractivity contribution in [3.8, 4) is 0 Å². The first kappa shape index (κ1) is 26.1. The van der Waals surface area contributed by atoms with Crippen LogP contribution in [0, 0.1) is 0 Å². The van der Waals surface area contributed by atoms with Crippen LogP contribution in [0.5, 0.6) is 0 Å². The minimum absolute atomic E-state index is 0.0518. The molecule has 34 heavy (non-hydrogen) atoms. The number of hydrogen-bond donors (Lipinski definition) is 4. The van der Waals surface area contributed by atoms with Crippen LogP contribution in [0.15, 0.2) is 58.3 Å². The minimum atomic E-state index is -3.92. The van der Waals surface area contributed by atoms with E-state index in [-0.39, 0.29) is 32.5 Å². The number of primary sulfonamides is 1. The lowest BCUT2D eigenvalue weighted by Crippen LogP contribution is -2.54. The molecule has 0 saturated heterocycles. The van der Waals surface area contributed by atoms with Gasteiger partial charge in [0.05, 0.1) is 16.3 Å².